The molecule has 1 fully saturated rings. The largest absolute Gasteiger partial charge is 0.340 e. The van der Waals surface area contributed by atoms with Crippen LogP contribution in [0.25, 0.3) is 23.0 Å². The number of likely N-dealkylation sites (tertiary alicyclic amines) is 1. The van der Waals surface area contributed by atoms with Crippen molar-refractivity contribution in [2.75, 3.05) is 13.1 Å². The van der Waals surface area contributed by atoms with E-state index >= 15 is 0 Å². The first-order chi connectivity index (χ1) is 15.2. The SMILES string of the molecule is O=C(Cc1ccc(F)cc1)N1CCC(n2cc(-c3nc(-c4ccccc4)no3)nn2)C1. The van der Waals surface area contributed by atoms with E-state index in [-0.39, 0.29) is 24.2 Å². The highest BCUT2D eigenvalue weighted by Crippen LogP contribution is 2.25. The van der Waals surface area contributed by atoms with E-state index in [1.807, 2.05) is 30.3 Å². The molecule has 1 amide bonds. The molecule has 1 aliphatic rings. The molecule has 9 heteroatoms. The van der Waals surface area contributed by atoms with E-state index in [0.29, 0.717) is 30.5 Å². The van der Waals surface area contributed by atoms with Crippen LogP contribution in [0.15, 0.2) is 65.3 Å². The zero-order valence-corrected chi connectivity index (χ0v) is 16.6. The third kappa shape index (κ3) is 4.07. The normalized spacial score (nSPS) is 16.0. The van der Waals surface area contributed by atoms with Gasteiger partial charge in [-0.2, -0.15) is 4.98 Å². The average Bonchev–Trinajstić information content (AvgIpc) is 3.55. The number of halogens is 1. The number of carbonyl (C=O) groups excluding carboxylic acids is 1. The van der Waals surface area contributed by atoms with E-state index in [1.165, 1.54) is 12.1 Å². The van der Waals surface area contributed by atoms with Gasteiger partial charge in [0.05, 0.1) is 18.7 Å². The molecule has 0 N–H and O–H groups in total. The Bertz CT molecular complexity index is 1190. The highest BCUT2D eigenvalue weighted by molar-refractivity contribution is 5.79. The molecule has 31 heavy (non-hydrogen) atoms. The molecule has 0 saturated carbocycles. The third-order valence-corrected chi connectivity index (χ3v) is 5.35. The van der Waals surface area contributed by atoms with Gasteiger partial charge in [-0.15, -0.1) is 5.10 Å². The molecule has 5 rings (SSSR count). The van der Waals surface area contributed by atoms with Crippen molar-refractivity contribution in [3.05, 3.63) is 72.2 Å². The Morgan fingerprint density at radius 1 is 1.13 bits per heavy atom. The fraction of sp³-hybridized carbons (Fsp3) is 0.227. The molecule has 1 unspecified atom stereocenters. The van der Waals surface area contributed by atoms with Crippen LogP contribution in [0.1, 0.15) is 18.0 Å². The minimum Gasteiger partial charge on any atom is -0.340 e. The molecule has 8 nitrogen and oxygen atoms in total. The fourth-order valence-electron chi connectivity index (χ4n) is 3.66. The van der Waals surface area contributed by atoms with Crippen molar-refractivity contribution < 1.29 is 13.7 Å². The molecule has 156 valence electrons. The van der Waals surface area contributed by atoms with Crippen molar-refractivity contribution in [2.45, 2.75) is 18.9 Å². The lowest BCUT2D eigenvalue weighted by atomic mass is 10.1. The van der Waals surface area contributed by atoms with Gasteiger partial charge in [-0.3, -0.25) is 4.79 Å². The monoisotopic (exact) mass is 418 g/mol. The predicted molar refractivity (Wildman–Crippen MR) is 109 cm³/mol. The molecular weight excluding hydrogens is 399 g/mol. The van der Waals surface area contributed by atoms with Crippen molar-refractivity contribution in [2.24, 2.45) is 0 Å². The van der Waals surface area contributed by atoms with Gasteiger partial charge in [0.1, 0.15) is 5.82 Å². The summed E-state index contributed by atoms with van der Waals surface area (Å²) in [5, 5.41) is 12.4. The Kier molecular flexibility index (Phi) is 4.99. The van der Waals surface area contributed by atoms with E-state index < -0.39 is 0 Å². The summed E-state index contributed by atoms with van der Waals surface area (Å²) in [6, 6.07) is 15.6. The van der Waals surface area contributed by atoms with Crippen molar-refractivity contribution in [3.8, 4) is 23.0 Å². The van der Waals surface area contributed by atoms with Crippen molar-refractivity contribution in [3.63, 3.8) is 0 Å². The Labute approximate surface area is 177 Å². The number of benzene rings is 2. The quantitative estimate of drug-likeness (QED) is 0.495. The summed E-state index contributed by atoms with van der Waals surface area (Å²) in [7, 11) is 0. The molecule has 0 spiro atoms. The van der Waals surface area contributed by atoms with Crippen LogP contribution in [0.4, 0.5) is 4.39 Å². The summed E-state index contributed by atoms with van der Waals surface area (Å²) in [5.41, 5.74) is 2.14. The smallest absolute Gasteiger partial charge is 0.280 e. The number of nitrogens with zero attached hydrogens (tertiary/aromatic N) is 6. The summed E-state index contributed by atoms with van der Waals surface area (Å²) >= 11 is 0. The summed E-state index contributed by atoms with van der Waals surface area (Å²) in [6.45, 7) is 1.18. The maximum Gasteiger partial charge on any atom is 0.280 e. The van der Waals surface area contributed by atoms with Gasteiger partial charge >= 0.3 is 0 Å². The van der Waals surface area contributed by atoms with E-state index in [1.54, 1.807) is 27.9 Å². The molecule has 0 aliphatic carbocycles. The van der Waals surface area contributed by atoms with Gasteiger partial charge in [0.15, 0.2) is 5.69 Å². The highest BCUT2D eigenvalue weighted by atomic mass is 19.1. The second kappa shape index (κ2) is 8.10. The number of carbonyl (C=O) groups is 1. The van der Waals surface area contributed by atoms with E-state index in [4.69, 9.17) is 4.52 Å². The minimum atomic E-state index is -0.309. The van der Waals surface area contributed by atoms with Crippen molar-refractivity contribution in [1.29, 1.82) is 0 Å². The molecular formula is C22H19FN6O2. The van der Waals surface area contributed by atoms with E-state index in [2.05, 4.69) is 20.5 Å². The minimum absolute atomic E-state index is 0.0128. The Hall–Kier alpha value is -3.88. The topological polar surface area (TPSA) is 89.9 Å². The van der Waals surface area contributed by atoms with Crippen LogP contribution in [-0.4, -0.2) is 49.0 Å². The van der Waals surface area contributed by atoms with Gasteiger partial charge in [-0.25, -0.2) is 9.07 Å². The standard InChI is InChI=1S/C22H19FN6O2/c23-17-8-6-15(7-9-17)12-20(30)28-11-10-18(13-28)29-14-19(25-27-29)22-24-21(26-31-22)16-4-2-1-3-5-16/h1-9,14,18H,10-13H2. The second-order valence-electron chi connectivity index (χ2n) is 7.46. The van der Waals surface area contributed by atoms with Gasteiger partial charge in [0, 0.05) is 18.7 Å². The second-order valence-corrected chi connectivity index (χ2v) is 7.46. The lowest BCUT2D eigenvalue weighted by molar-refractivity contribution is -0.129. The predicted octanol–water partition coefficient (Wildman–Crippen LogP) is 3.15. The molecule has 1 saturated heterocycles. The van der Waals surface area contributed by atoms with Gasteiger partial charge < -0.3 is 9.42 Å². The summed E-state index contributed by atoms with van der Waals surface area (Å²) in [4.78, 5) is 18.8. The molecule has 3 heterocycles. The first kappa shape index (κ1) is 19.1. The molecule has 4 aromatic rings. The first-order valence-electron chi connectivity index (χ1n) is 9.99. The zero-order chi connectivity index (χ0) is 21.2. The lowest BCUT2D eigenvalue weighted by Gasteiger charge is -2.16. The molecule has 2 aromatic carbocycles. The summed E-state index contributed by atoms with van der Waals surface area (Å²) in [5.74, 6) is 0.492. The summed E-state index contributed by atoms with van der Waals surface area (Å²) < 4.78 is 20.1. The van der Waals surface area contributed by atoms with Crippen LogP contribution in [0, 0.1) is 5.82 Å². The summed E-state index contributed by atoms with van der Waals surface area (Å²) in [6.07, 6.45) is 2.79. The Morgan fingerprint density at radius 2 is 1.94 bits per heavy atom. The van der Waals surface area contributed by atoms with E-state index in [0.717, 1.165) is 17.5 Å². The molecule has 0 bridgehead atoms. The van der Waals surface area contributed by atoms with Gasteiger partial charge in [0.2, 0.25) is 11.7 Å². The van der Waals surface area contributed by atoms with Crippen LogP contribution < -0.4 is 0 Å². The molecule has 2 aromatic heterocycles. The van der Waals surface area contributed by atoms with Crippen molar-refractivity contribution in [1.82, 2.24) is 30.0 Å². The Balaban J connectivity index is 1.24. The van der Waals surface area contributed by atoms with Gasteiger partial charge in [-0.1, -0.05) is 52.8 Å². The molecule has 1 atom stereocenters. The maximum absolute atomic E-state index is 13.1. The maximum atomic E-state index is 13.1. The van der Waals surface area contributed by atoms with Crippen LogP contribution in [0.5, 0.6) is 0 Å². The number of rotatable bonds is 5. The number of hydrogen-bond acceptors (Lipinski definition) is 6. The van der Waals surface area contributed by atoms with Crippen LogP contribution >= 0.6 is 0 Å². The lowest BCUT2D eigenvalue weighted by Crippen LogP contribution is -2.30. The zero-order valence-electron chi connectivity index (χ0n) is 16.6. The molecule has 1 aliphatic heterocycles. The number of aromatic nitrogens is 5. The Morgan fingerprint density at radius 3 is 2.74 bits per heavy atom. The van der Waals surface area contributed by atoms with Crippen LogP contribution in [0.3, 0.4) is 0 Å². The van der Waals surface area contributed by atoms with Crippen LogP contribution in [0.2, 0.25) is 0 Å². The highest BCUT2D eigenvalue weighted by Gasteiger charge is 2.28. The van der Waals surface area contributed by atoms with Gasteiger partial charge in [0.25, 0.3) is 5.89 Å². The number of amides is 1. The molecule has 0 radical (unpaired) electrons. The third-order valence-electron chi connectivity index (χ3n) is 5.35. The van der Waals surface area contributed by atoms with E-state index in [9.17, 15) is 9.18 Å². The average molecular weight is 418 g/mol. The van der Waals surface area contributed by atoms with Crippen molar-refractivity contribution >= 4 is 5.91 Å². The van der Waals surface area contributed by atoms with Gasteiger partial charge in [-0.05, 0) is 24.1 Å². The first-order valence-corrected chi connectivity index (χ1v) is 9.99. The fourth-order valence-corrected chi connectivity index (χ4v) is 3.66. The number of hydrogen-bond donors (Lipinski definition) is 0. The van der Waals surface area contributed by atoms with Crippen LogP contribution in [-0.2, 0) is 11.2 Å².